The molecule has 0 spiro atoms. The lowest BCUT2D eigenvalue weighted by atomic mass is 10.2. The molecule has 16 heavy (non-hydrogen) atoms. The van der Waals surface area contributed by atoms with Crippen molar-refractivity contribution in [2.45, 2.75) is 13.8 Å². The van der Waals surface area contributed by atoms with Crippen molar-refractivity contribution in [3.05, 3.63) is 35.8 Å². The summed E-state index contributed by atoms with van der Waals surface area (Å²) in [6, 6.07) is 3.71. The molecule has 1 aromatic rings. The summed E-state index contributed by atoms with van der Waals surface area (Å²) >= 11 is 0. The molecule has 0 saturated carbocycles. The van der Waals surface area contributed by atoms with E-state index in [1.165, 1.54) is 0 Å². The Morgan fingerprint density at radius 1 is 1.44 bits per heavy atom. The number of amidine groups is 1. The number of pyridine rings is 1. The molecule has 1 aliphatic rings. The molecule has 82 valence electrons. The number of carbonyl (C=O) groups is 1. The molecular formula is C12H13N3O. The van der Waals surface area contributed by atoms with Crippen LogP contribution in [0.1, 0.15) is 19.4 Å². The molecular weight excluding hydrogens is 202 g/mol. The van der Waals surface area contributed by atoms with Crippen LogP contribution in [0.15, 0.2) is 35.2 Å². The molecule has 2 heterocycles. The molecule has 1 aromatic heterocycles. The van der Waals surface area contributed by atoms with E-state index in [1.807, 2.05) is 26.0 Å². The molecule has 0 saturated heterocycles. The minimum absolute atomic E-state index is 0.146. The maximum absolute atomic E-state index is 11.6. The Kier molecular flexibility index (Phi) is 2.81. The number of rotatable bonds is 2. The fourth-order valence-electron chi connectivity index (χ4n) is 1.38. The highest BCUT2D eigenvalue weighted by molar-refractivity contribution is 6.14. The van der Waals surface area contributed by atoms with E-state index in [-0.39, 0.29) is 11.8 Å². The van der Waals surface area contributed by atoms with Crippen LogP contribution in [0.4, 0.5) is 0 Å². The van der Waals surface area contributed by atoms with Crippen molar-refractivity contribution in [3.63, 3.8) is 0 Å². The number of amides is 1. The van der Waals surface area contributed by atoms with E-state index in [0.29, 0.717) is 5.70 Å². The molecule has 0 bridgehead atoms. The third-order valence-electron chi connectivity index (χ3n) is 2.25. The molecule has 1 N–H and O–H groups in total. The minimum Gasteiger partial charge on any atom is -0.308 e. The number of aliphatic imine (C=N–C) groups is 1. The Morgan fingerprint density at radius 3 is 2.81 bits per heavy atom. The second-order valence-corrected chi connectivity index (χ2v) is 3.92. The molecule has 0 fully saturated rings. The number of nitrogens with zero attached hydrogens (tertiary/aromatic N) is 2. The number of carbonyl (C=O) groups excluding carboxylic acids is 1. The van der Waals surface area contributed by atoms with Gasteiger partial charge in [0.1, 0.15) is 11.5 Å². The summed E-state index contributed by atoms with van der Waals surface area (Å²) in [7, 11) is 0. The van der Waals surface area contributed by atoms with Gasteiger partial charge in [-0.1, -0.05) is 19.9 Å². The highest BCUT2D eigenvalue weighted by Crippen LogP contribution is 2.13. The van der Waals surface area contributed by atoms with E-state index in [4.69, 9.17) is 0 Å². The van der Waals surface area contributed by atoms with Crippen molar-refractivity contribution in [1.82, 2.24) is 10.3 Å². The Labute approximate surface area is 94.1 Å². The predicted octanol–water partition coefficient (Wildman–Crippen LogP) is 1.61. The summed E-state index contributed by atoms with van der Waals surface area (Å²) in [6.07, 6.45) is 5.13. The van der Waals surface area contributed by atoms with Gasteiger partial charge < -0.3 is 5.32 Å². The van der Waals surface area contributed by atoms with Crippen LogP contribution in [0.5, 0.6) is 0 Å². The monoisotopic (exact) mass is 215 g/mol. The highest BCUT2D eigenvalue weighted by Gasteiger charge is 2.21. The first-order valence-corrected chi connectivity index (χ1v) is 5.18. The first kappa shape index (κ1) is 10.5. The lowest BCUT2D eigenvalue weighted by Crippen LogP contribution is -2.27. The summed E-state index contributed by atoms with van der Waals surface area (Å²) < 4.78 is 0. The van der Waals surface area contributed by atoms with Crippen LogP contribution in [0.2, 0.25) is 0 Å². The van der Waals surface area contributed by atoms with Crippen molar-refractivity contribution in [2.75, 3.05) is 0 Å². The van der Waals surface area contributed by atoms with E-state index in [1.54, 1.807) is 18.5 Å². The number of nitrogens with one attached hydrogen (secondary N) is 1. The second kappa shape index (κ2) is 4.26. The average molecular weight is 215 g/mol. The summed E-state index contributed by atoms with van der Waals surface area (Å²) in [6.45, 7) is 3.98. The second-order valence-electron chi connectivity index (χ2n) is 3.92. The zero-order chi connectivity index (χ0) is 11.5. The van der Waals surface area contributed by atoms with Gasteiger partial charge in [0.2, 0.25) is 0 Å². The predicted molar refractivity (Wildman–Crippen MR) is 62.6 cm³/mol. The van der Waals surface area contributed by atoms with Crippen LogP contribution < -0.4 is 5.32 Å². The van der Waals surface area contributed by atoms with Gasteiger partial charge in [0, 0.05) is 18.3 Å². The molecule has 0 radical (unpaired) electrons. The zero-order valence-corrected chi connectivity index (χ0v) is 9.27. The van der Waals surface area contributed by atoms with Crippen LogP contribution in [0, 0.1) is 5.92 Å². The van der Waals surface area contributed by atoms with Crippen LogP contribution >= 0.6 is 0 Å². The van der Waals surface area contributed by atoms with Crippen molar-refractivity contribution in [2.24, 2.45) is 10.9 Å². The average Bonchev–Trinajstić information content (AvgIpc) is 2.62. The van der Waals surface area contributed by atoms with Crippen molar-refractivity contribution < 1.29 is 4.79 Å². The Balaban J connectivity index is 2.29. The fraction of sp³-hybridized carbons (Fsp3) is 0.250. The zero-order valence-electron chi connectivity index (χ0n) is 9.27. The third kappa shape index (κ3) is 2.16. The van der Waals surface area contributed by atoms with Crippen molar-refractivity contribution in [1.29, 1.82) is 0 Å². The first-order valence-electron chi connectivity index (χ1n) is 5.18. The lowest BCUT2D eigenvalue weighted by molar-refractivity contribution is -0.115. The SMILES string of the molecule is CC(C)C1=N/C(=C/c2cccnc2)C(=O)N1. The summed E-state index contributed by atoms with van der Waals surface area (Å²) in [4.78, 5) is 19.8. The number of aromatic nitrogens is 1. The van der Waals surface area contributed by atoms with Gasteiger partial charge in [-0.3, -0.25) is 9.78 Å². The summed E-state index contributed by atoms with van der Waals surface area (Å²) in [5, 5.41) is 2.75. The van der Waals surface area contributed by atoms with Gasteiger partial charge in [0.15, 0.2) is 0 Å². The van der Waals surface area contributed by atoms with Crippen molar-refractivity contribution in [3.8, 4) is 0 Å². The van der Waals surface area contributed by atoms with Gasteiger partial charge >= 0.3 is 0 Å². The Bertz CT molecular complexity index is 460. The molecule has 0 unspecified atom stereocenters. The number of hydrogen-bond acceptors (Lipinski definition) is 3. The van der Waals surface area contributed by atoms with Crippen LogP contribution in [0.25, 0.3) is 6.08 Å². The van der Waals surface area contributed by atoms with Gasteiger partial charge in [0.05, 0.1) is 0 Å². The maximum atomic E-state index is 11.6. The largest absolute Gasteiger partial charge is 0.308 e. The van der Waals surface area contributed by atoms with Crippen LogP contribution in [0.3, 0.4) is 0 Å². The summed E-state index contributed by atoms with van der Waals surface area (Å²) in [5.41, 5.74) is 1.32. The quantitative estimate of drug-likeness (QED) is 0.762. The molecule has 1 aliphatic heterocycles. The van der Waals surface area contributed by atoms with E-state index < -0.39 is 0 Å². The topological polar surface area (TPSA) is 54.4 Å². The molecule has 0 atom stereocenters. The first-order chi connectivity index (χ1) is 7.66. The maximum Gasteiger partial charge on any atom is 0.275 e. The Morgan fingerprint density at radius 2 is 2.25 bits per heavy atom. The normalized spacial score (nSPS) is 17.8. The van der Waals surface area contributed by atoms with E-state index >= 15 is 0 Å². The minimum atomic E-state index is -0.146. The number of hydrogen-bond donors (Lipinski definition) is 1. The van der Waals surface area contributed by atoms with E-state index in [0.717, 1.165) is 11.4 Å². The van der Waals surface area contributed by atoms with Gasteiger partial charge in [-0.05, 0) is 17.7 Å². The van der Waals surface area contributed by atoms with Gasteiger partial charge in [0.25, 0.3) is 5.91 Å². The third-order valence-corrected chi connectivity index (χ3v) is 2.25. The van der Waals surface area contributed by atoms with Crippen molar-refractivity contribution >= 4 is 17.8 Å². The fourth-order valence-corrected chi connectivity index (χ4v) is 1.38. The van der Waals surface area contributed by atoms with E-state index in [9.17, 15) is 4.79 Å². The molecule has 0 aromatic carbocycles. The molecule has 4 heteroatoms. The summed E-state index contributed by atoms with van der Waals surface area (Å²) in [5.74, 6) is 0.802. The molecule has 4 nitrogen and oxygen atoms in total. The molecule has 0 aliphatic carbocycles. The Hall–Kier alpha value is -1.97. The molecule has 2 rings (SSSR count). The molecule has 1 amide bonds. The van der Waals surface area contributed by atoms with Gasteiger partial charge in [-0.25, -0.2) is 4.99 Å². The standard InChI is InChI=1S/C12H13N3O/c1-8(2)11-14-10(12(16)15-11)6-9-4-3-5-13-7-9/h3-8H,1-2H3,(H,14,15,16)/b10-6+. The lowest BCUT2D eigenvalue weighted by Gasteiger charge is -2.01. The van der Waals surface area contributed by atoms with Crippen LogP contribution in [-0.2, 0) is 4.79 Å². The van der Waals surface area contributed by atoms with Gasteiger partial charge in [-0.2, -0.15) is 0 Å². The van der Waals surface area contributed by atoms with Gasteiger partial charge in [-0.15, -0.1) is 0 Å². The van der Waals surface area contributed by atoms with E-state index in [2.05, 4.69) is 15.3 Å². The smallest absolute Gasteiger partial charge is 0.275 e. The van der Waals surface area contributed by atoms with Crippen LogP contribution in [-0.4, -0.2) is 16.7 Å². The highest BCUT2D eigenvalue weighted by atomic mass is 16.2.